The third-order valence-corrected chi connectivity index (χ3v) is 3.32. The summed E-state index contributed by atoms with van der Waals surface area (Å²) in [4.78, 5) is 4.31. The Hall–Kier alpha value is -1.41. The third-order valence-electron chi connectivity index (χ3n) is 2.67. The normalized spacial score (nSPS) is 12.9. The molecule has 0 aliphatic heterocycles. The molecule has 5 heteroatoms. The van der Waals surface area contributed by atoms with Gasteiger partial charge in [-0.25, -0.2) is 4.52 Å². The zero-order valence-corrected chi connectivity index (χ0v) is 11.3. The van der Waals surface area contributed by atoms with E-state index in [0.717, 1.165) is 16.9 Å². The zero-order chi connectivity index (χ0) is 12.4. The van der Waals surface area contributed by atoms with Gasteiger partial charge in [-0.3, -0.25) is 4.98 Å². The Labute approximate surface area is 108 Å². The lowest BCUT2D eigenvalue weighted by molar-refractivity contribution is 0.783. The monoisotopic (exact) mass is 292 g/mol. The van der Waals surface area contributed by atoms with Crippen LogP contribution in [-0.2, 0) is 0 Å². The van der Waals surface area contributed by atoms with Crippen LogP contribution in [0, 0.1) is 11.3 Å². The molecule has 0 saturated heterocycles. The molecular weight excluding hydrogens is 280 g/mol. The molecule has 0 spiro atoms. The summed E-state index contributed by atoms with van der Waals surface area (Å²) in [6.07, 6.45) is 3.50. The van der Waals surface area contributed by atoms with Gasteiger partial charge in [-0.2, -0.15) is 10.4 Å². The molecule has 17 heavy (non-hydrogen) atoms. The highest BCUT2D eigenvalue weighted by Crippen LogP contribution is 2.23. The minimum absolute atomic E-state index is 0.240. The van der Waals surface area contributed by atoms with Crippen LogP contribution in [0.1, 0.15) is 37.1 Å². The van der Waals surface area contributed by atoms with Gasteiger partial charge >= 0.3 is 0 Å². The Morgan fingerprint density at radius 1 is 1.53 bits per heavy atom. The first-order valence-corrected chi connectivity index (χ1v) is 6.59. The van der Waals surface area contributed by atoms with Crippen molar-refractivity contribution in [1.29, 1.82) is 5.26 Å². The number of rotatable bonds is 3. The van der Waals surface area contributed by atoms with Gasteiger partial charge in [0.05, 0.1) is 23.0 Å². The van der Waals surface area contributed by atoms with Gasteiger partial charge in [-0.15, -0.1) is 0 Å². The minimum atomic E-state index is -0.240. The van der Waals surface area contributed by atoms with Crippen molar-refractivity contribution in [2.24, 2.45) is 0 Å². The van der Waals surface area contributed by atoms with Crippen molar-refractivity contribution in [3.63, 3.8) is 0 Å². The molecule has 0 aliphatic carbocycles. The molecule has 0 saturated carbocycles. The molecule has 0 bridgehead atoms. The van der Waals surface area contributed by atoms with Crippen molar-refractivity contribution < 1.29 is 0 Å². The lowest BCUT2D eigenvalue weighted by Gasteiger charge is -2.05. The molecule has 0 aliphatic rings. The molecule has 88 valence electrons. The van der Waals surface area contributed by atoms with E-state index in [1.807, 2.05) is 12.3 Å². The van der Waals surface area contributed by atoms with Crippen molar-refractivity contribution >= 4 is 21.4 Å². The van der Waals surface area contributed by atoms with Crippen molar-refractivity contribution in [1.82, 2.24) is 14.6 Å². The molecule has 1 atom stereocenters. The smallest absolute Gasteiger partial charge is 0.100 e. The van der Waals surface area contributed by atoms with E-state index in [0.29, 0.717) is 11.2 Å². The van der Waals surface area contributed by atoms with Crippen molar-refractivity contribution in [3.05, 3.63) is 29.8 Å². The second-order valence-electron chi connectivity index (χ2n) is 4.20. The van der Waals surface area contributed by atoms with E-state index in [1.54, 1.807) is 10.7 Å². The molecule has 4 nitrogen and oxygen atoms in total. The SMILES string of the molecule is CC(C)c1cc2c(C(C#N)CBr)nccn2n1. The molecular formula is C12H13BrN4. The lowest BCUT2D eigenvalue weighted by Crippen LogP contribution is -2.03. The van der Waals surface area contributed by atoms with Crippen LogP contribution in [0.4, 0.5) is 0 Å². The number of fused-ring (bicyclic) bond motifs is 1. The van der Waals surface area contributed by atoms with Crippen LogP contribution in [0.3, 0.4) is 0 Å². The van der Waals surface area contributed by atoms with Crippen LogP contribution in [-0.4, -0.2) is 19.9 Å². The Morgan fingerprint density at radius 2 is 2.29 bits per heavy atom. The Bertz CT molecular complexity index is 567. The molecule has 2 rings (SSSR count). The Balaban J connectivity index is 2.61. The van der Waals surface area contributed by atoms with Crippen LogP contribution in [0.25, 0.3) is 5.52 Å². The first-order chi connectivity index (χ1) is 8.17. The number of nitriles is 1. The second kappa shape index (κ2) is 4.84. The number of aromatic nitrogens is 3. The topological polar surface area (TPSA) is 54.0 Å². The predicted molar refractivity (Wildman–Crippen MR) is 69.2 cm³/mol. The van der Waals surface area contributed by atoms with E-state index in [4.69, 9.17) is 5.26 Å². The highest BCUT2D eigenvalue weighted by atomic mass is 79.9. The Kier molecular flexibility index (Phi) is 3.43. The lowest BCUT2D eigenvalue weighted by atomic mass is 10.1. The van der Waals surface area contributed by atoms with Crippen LogP contribution in [0.5, 0.6) is 0 Å². The second-order valence-corrected chi connectivity index (χ2v) is 4.85. The van der Waals surface area contributed by atoms with Gasteiger partial charge in [0.25, 0.3) is 0 Å². The quantitative estimate of drug-likeness (QED) is 0.818. The average molecular weight is 293 g/mol. The number of nitrogens with zero attached hydrogens (tertiary/aromatic N) is 4. The standard InChI is InChI=1S/C12H13BrN4/c1-8(2)10-5-11-12(9(6-13)7-14)15-3-4-17(11)16-10/h3-5,8-9H,6H2,1-2H3. The summed E-state index contributed by atoms with van der Waals surface area (Å²) >= 11 is 3.34. The van der Waals surface area contributed by atoms with Crippen LogP contribution >= 0.6 is 15.9 Å². The van der Waals surface area contributed by atoms with Gasteiger partial charge in [-0.05, 0) is 12.0 Å². The molecule has 2 heterocycles. The summed E-state index contributed by atoms with van der Waals surface area (Å²) in [5.74, 6) is 0.127. The fourth-order valence-electron chi connectivity index (χ4n) is 1.68. The average Bonchev–Trinajstić information content (AvgIpc) is 2.75. The molecule has 2 aromatic rings. The summed E-state index contributed by atoms with van der Waals surface area (Å²) < 4.78 is 1.80. The van der Waals surface area contributed by atoms with E-state index in [2.05, 4.69) is 45.9 Å². The number of alkyl halides is 1. The molecule has 2 aromatic heterocycles. The third kappa shape index (κ3) is 2.18. The summed E-state index contributed by atoms with van der Waals surface area (Å²) in [6, 6.07) is 4.26. The molecule has 0 aromatic carbocycles. The van der Waals surface area contributed by atoms with Crippen molar-refractivity contribution in [2.45, 2.75) is 25.7 Å². The van der Waals surface area contributed by atoms with Gasteiger partial charge in [0.15, 0.2) is 0 Å². The fourth-order valence-corrected chi connectivity index (χ4v) is 2.13. The van der Waals surface area contributed by atoms with Gasteiger partial charge in [0, 0.05) is 17.7 Å². The van der Waals surface area contributed by atoms with E-state index in [9.17, 15) is 0 Å². The number of hydrogen-bond acceptors (Lipinski definition) is 3. The fraction of sp³-hybridized carbons (Fsp3) is 0.417. The number of halogens is 1. The van der Waals surface area contributed by atoms with Gasteiger partial charge in [0.2, 0.25) is 0 Å². The zero-order valence-electron chi connectivity index (χ0n) is 9.76. The Morgan fingerprint density at radius 3 is 2.88 bits per heavy atom. The molecule has 0 N–H and O–H groups in total. The van der Waals surface area contributed by atoms with Crippen LogP contribution in [0.2, 0.25) is 0 Å². The van der Waals surface area contributed by atoms with E-state index in [1.165, 1.54) is 0 Å². The summed E-state index contributed by atoms with van der Waals surface area (Å²) in [5, 5.41) is 14.2. The van der Waals surface area contributed by atoms with Crippen molar-refractivity contribution in [3.8, 4) is 6.07 Å². The number of hydrogen-bond donors (Lipinski definition) is 0. The van der Waals surface area contributed by atoms with E-state index >= 15 is 0 Å². The summed E-state index contributed by atoms with van der Waals surface area (Å²) in [6.45, 7) is 4.20. The molecule has 1 unspecified atom stereocenters. The maximum atomic E-state index is 9.11. The van der Waals surface area contributed by atoms with Crippen molar-refractivity contribution in [2.75, 3.05) is 5.33 Å². The largest absolute Gasteiger partial charge is 0.256 e. The first kappa shape index (κ1) is 12.1. The maximum Gasteiger partial charge on any atom is 0.100 e. The minimum Gasteiger partial charge on any atom is -0.256 e. The summed E-state index contributed by atoms with van der Waals surface area (Å²) in [7, 11) is 0. The highest BCUT2D eigenvalue weighted by molar-refractivity contribution is 9.09. The highest BCUT2D eigenvalue weighted by Gasteiger charge is 2.16. The van der Waals surface area contributed by atoms with Gasteiger partial charge < -0.3 is 0 Å². The van der Waals surface area contributed by atoms with Gasteiger partial charge in [0.1, 0.15) is 5.92 Å². The van der Waals surface area contributed by atoms with Crippen LogP contribution < -0.4 is 0 Å². The van der Waals surface area contributed by atoms with E-state index in [-0.39, 0.29) is 5.92 Å². The maximum absolute atomic E-state index is 9.11. The van der Waals surface area contributed by atoms with E-state index < -0.39 is 0 Å². The predicted octanol–water partition coefficient (Wildman–Crippen LogP) is 2.85. The van der Waals surface area contributed by atoms with Crippen LogP contribution in [0.15, 0.2) is 18.5 Å². The molecule has 0 fully saturated rings. The molecule has 0 radical (unpaired) electrons. The first-order valence-electron chi connectivity index (χ1n) is 5.47. The van der Waals surface area contributed by atoms with Gasteiger partial charge in [-0.1, -0.05) is 29.8 Å². The molecule has 0 amide bonds. The summed E-state index contributed by atoms with van der Waals surface area (Å²) in [5.41, 5.74) is 2.72.